The van der Waals surface area contributed by atoms with Gasteiger partial charge >= 0.3 is 6.09 Å². The number of piperidine rings is 1. The van der Waals surface area contributed by atoms with E-state index in [0.29, 0.717) is 26.2 Å². The number of amides is 3. The third-order valence-corrected chi connectivity index (χ3v) is 6.24. The molecule has 3 fully saturated rings. The van der Waals surface area contributed by atoms with E-state index in [9.17, 15) is 14.4 Å². The number of fused-ring (bicyclic) bond motifs is 1. The Morgan fingerprint density at radius 3 is 2.60 bits per heavy atom. The minimum absolute atomic E-state index is 0.0155. The summed E-state index contributed by atoms with van der Waals surface area (Å²) in [6, 6.07) is 3.74. The van der Waals surface area contributed by atoms with Gasteiger partial charge in [-0.25, -0.2) is 4.79 Å². The monoisotopic (exact) mass is 363 g/mol. The molecule has 0 radical (unpaired) electrons. The zero-order chi connectivity index (χ0) is 17.6. The summed E-state index contributed by atoms with van der Waals surface area (Å²) in [7, 11) is 0. The summed E-state index contributed by atoms with van der Waals surface area (Å²) < 4.78 is 5.48. The van der Waals surface area contributed by atoms with E-state index < -0.39 is 0 Å². The number of hydrogen-bond acceptors (Lipinski definition) is 5. The Bertz CT molecular complexity index is 684. The molecule has 3 amide bonds. The molecule has 7 nitrogen and oxygen atoms in total. The van der Waals surface area contributed by atoms with Crippen LogP contribution in [0, 0.1) is 0 Å². The lowest BCUT2D eigenvalue weighted by Gasteiger charge is -2.37. The smallest absolute Gasteiger partial charge is 0.410 e. The van der Waals surface area contributed by atoms with Crippen LogP contribution in [0.4, 0.5) is 4.79 Å². The first-order valence-electron chi connectivity index (χ1n) is 8.62. The maximum atomic E-state index is 12.4. The second-order valence-corrected chi connectivity index (χ2v) is 7.77. The molecule has 0 unspecified atom stereocenters. The fraction of sp³-hybridized carbons (Fsp3) is 0.588. The minimum atomic E-state index is -0.277. The fourth-order valence-corrected chi connectivity index (χ4v) is 4.74. The van der Waals surface area contributed by atoms with Gasteiger partial charge in [-0.05, 0) is 24.3 Å². The maximum absolute atomic E-state index is 12.4. The normalized spacial score (nSPS) is 26.8. The molecule has 8 heteroatoms. The van der Waals surface area contributed by atoms with Crippen molar-refractivity contribution < 1.29 is 19.1 Å². The highest BCUT2D eigenvalue weighted by Crippen LogP contribution is 2.32. The number of ether oxygens (including phenoxy) is 1. The molecule has 0 aromatic carbocycles. The number of rotatable bonds is 2. The van der Waals surface area contributed by atoms with Crippen LogP contribution in [-0.4, -0.2) is 77.0 Å². The molecule has 1 aromatic heterocycles. The lowest BCUT2D eigenvalue weighted by Crippen LogP contribution is -2.51. The number of likely N-dealkylation sites (tertiary alicyclic amines) is 2. The van der Waals surface area contributed by atoms with E-state index in [0.717, 1.165) is 17.7 Å². The standard InChI is InChI=1S/C17H21N3O4S/c1-11(21)19-9-13-14(10-19)24-17(23)20(13)12-4-6-18(7-5-12)16(22)15-3-2-8-25-15/h2-3,8,12-14H,4-7,9-10H2,1H3/t13-,14+/m1/s1. The zero-order valence-electron chi connectivity index (χ0n) is 14.1. The first kappa shape index (κ1) is 16.4. The van der Waals surface area contributed by atoms with Crippen molar-refractivity contribution in [2.75, 3.05) is 26.2 Å². The van der Waals surface area contributed by atoms with E-state index >= 15 is 0 Å². The van der Waals surface area contributed by atoms with Gasteiger partial charge in [0.25, 0.3) is 5.91 Å². The summed E-state index contributed by atoms with van der Waals surface area (Å²) in [5.74, 6) is 0.0840. The Morgan fingerprint density at radius 2 is 1.96 bits per heavy atom. The van der Waals surface area contributed by atoms with Gasteiger partial charge in [-0.1, -0.05) is 6.07 Å². The van der Waals surface area contributed by atoms with Crippen LogP contribution < -0.4 is 0 Å². The van der Waals surface area contributed by atoms with Crippen LogP contribution in [0.1, 0.15) is 29.4 Å². The molecule has 4 rings (SSSR count). The molecule has 25 heavy (non-hydrogen) atoms. The molecule has 1 aromatic rings. The van der Waals surface area contributed by atoms with Crippen molar-refractivity contribution in [2.45, 2.75) is 38.0 Å². The summed E-state index contributed by atoms with van der Waals surface area (Å²) >= 11 is 1.45. The van der Waals surface area contributed by atoms with Crippen molar-refractivity contribution in [3.63, 3.8) is 0 Å². The average molecular weight is 363 g/mol. The lowest BCUT2D eigenvalue weighted by atomic mass is 10.0. The van der Waals surface area contributed by atoms with Crippen molar-refractivity contribution >= 4 is 29.2 Å². The van der Waals surface area contributed by atoms with E-state index in [1.807, 2.05) is 27.3 Å². The van der Waals surface area contributed by atoms with E-state index in [4.69, 9.17) is 4.74 Å². The van der Waals surface area contributed by atoms with Gasteiger partial charge < -0.3 is 14.5 Å². The van der Waals surface area contributed by atoms with Gasteiger partial charge in [0, 0.05) is 32.6 Å². The number of carbonyl (C=O) groups excluding carboxylic acids is 3. The highest BCUT2D eigenvalue weighted by molar-refractivity contribution is 7.12. The van der Waals surface area contributed by atoms with E-state index in [-0.39, 0.29) is 36.1 Å². The second kappa shape index (κ2) is 6.33. The first-order valence-corrected chi connectivity index (χ1v) is 9.50. The molecule has 0 aliphatic carbocycles. The molecule has 0 spiro atoms. The van der Waals surface area contributed by atoms with E-state index in [2.05, 4.69) is 0 Å². The third-order valence-electron chi connectivity index (χ3n) is 5.38. The highest BCUT2D eigenvalue weighted by Gasteiger charge is 2.51. The van der Waals surface area contributed by atoms with Gasteiger partial charge in [0.15, 0.2) is 0 Å². The highest BCUT2D eigenvalue weighted by atomic mass is 32.1. The van der Waals surface area contributed by atoms with E-state index in [1.165, 1.54) is 11.3 Å². The predicted octanol–water partition coefficient (Wildman–Crippen LogP) is 1.40. The summed E-state index contributed by atoms with van der Waals surface area (Å²) in [5, 5.41) is 1.90. The van der Waals surface area contributed by atoms with Crippen molar-refractivity contribution in [3.8, 4) is 0 Å². The number of nitrogens with zero attached hydrogens (tertiary/aromatic N) is 3. The van der Waals surface area contributed by atoms with Crippen LogP contribution in [0.15, 0.2) is 17.5 Å². The van der Waals surface area contributed by atoms with Crippen molar-refractivity contribution in [2.24, 2.45) is 0 Å². The van der Waals surface area contributed by atoms with Crippen LogP contribution in [0.2, 0.25) is 0 Å². The Labute approximate surface area is 150 Å². The Balaban J connectivity index is 1.39. The topological polar surface area (TPSA) is 70.2 Å². The maximum Gasteiger partial charge on any atom is 0.410 e. The van der Waals surface area contributed by atoms with Crippen LogP contribution >= 0.6 is 11.3 Å². The van der Waals surface area contributed by atoms with Crippen LogP contribution in [0.5, 0.6) is 0 Å². The summed E-state index contributed by atoms with van der Waals surface area (Å²) in [6.07, 6.45) is 0.994. The van der Waals surface area contributed by atoms with Gasteiger partial charge in [0.1, 0.15) is 6.10 Å². The molecule has 3 aliphatic rings. The quantitative estimate of drug-likeness (QED) is 0.796. The number of hydrogen-bond donors (Lipinski definition) is 0. The van der Waals surface area contributed by atoms with Gasteiger partial charge in [0.2, 0.25) is 5.91 Å². The van der Waals surface area contributed by atoms with E-state index in [1.54, 1.807) is 11.8 Å². The van der Waals surface area contributed by atoms with Crippen LogP contribution in [-0.2, 0) is 9.53 Å². The largest absolute Gasteiger partial charge is 0.442 e. The number of thiophene rings is 1. The summed E-state index contributed by atoms with van der Waals surface area (Å²) in [4.78, 5) is 42.5. The molecule has 134 valence electrons. The molecule has 0 bridgehead atoms. The van der Waals surface area contributed by atoms with Gasteiger partial charge in [-0.3, -0.25) is 14.5 Å². The molecule has 4 heterocycles. The summed E-state index contributed by atoms with van der Waals surface area (Å²) in [6.45, 7) is 3.85. The van der Waals surface area contributed by atoms with Crippen molar-refractivity contribution in [3.05, 3.63) is 22.4 Å². The van der Waals surface area contributed by atoms with Crippen molar-refractivity contribution in [1.82, 2.24) is 14.7 Å². The molecular weight excluding hydrogens is 342 g/mol. The van der Waals surface area contributed by atoms with Crippen LogP contribution in [0.25, 0.3) is 0 Å². The summed E-state index contributed by atoms with van der Waals surface area (Å²) in [5.41, 5.74) is 0. The fourth-order valence-electron chi connectivity index (χ4n) is 4.05. The average Bonchev–Trinajstić information content (AvgIpc) is 3.30. The SMILES string of the molecule is CC(=O)N1C[C@@H]2OC(=O)N(C3CCN(C(=O)c4cccs4)CC3)[C@@H]2C1. The minimum Gasteiger partial charge on any atom is -0.442 e. The van der Waals surface area contributed by atoms with Gasteiger partial charge in [-0.2, -0.15) is 0 Å². The first-order chi connectivity index (χ1) is 12.0. The van der Waals surface area contributed by atoms with Crippen molar-refractivity contribution in [1.29, 1.82) is 0 Å². The molecule has 3 saturated heterocycles. The molecule has 3 aliphatic heterocycles. The molecule has 2 atom stereocenters. The Kier molecular flexibility index (Phi) is 4.15. The molecule has 0 saturated carbocycles. The Morgan fingerprint density at radius 1 is 1.20 bits per heavy atom. The predicted molar refractivity (Wildman–Crippen MR) is 91.4 cm³/mol. The molecule has 0 N–H and O–H groups in total. The molecular formula is C17H21N3O4S. The lowest BCUT2D eigenvalue weighted by molar-refractivity contribution is -0.128. The zero-order valence-corrected chi connectivity index (χ0v) is 14.9. The Hall–Kier alpha value is -2.09. The van der Waals surface area contributed by atoms with Gasteiger partial charge in [-0.15, -0.1) is 11.3 Å². The van der Waals surface area contributed by atoms with Crippen LogP contribution in [0.3, 0.4) is 0 Å². The third kappa shape index (κ3) is 2.88. The number of carbonyl (C=O) groups is 3. The second-order valence-electron chi connectivity index (χ2n) is 6.82. The van der Waals surface area contributed by atoms with Gasteiger partial charge in [0.05, 0.1) is 17.5 Å².